The summed E-state index contributed by atoms with van der Waals surface area (Å²) in [5.41, 5.74) is 6.83. The number of hydrazine groups is 1. The van der Waals surface area contributed by atoms with Gasteiger partial charge < -0.3 is 13.7 Å². The van der Waals surface area contributed by atoms with Crippen LogP contribution in [0, 0.1) is 6.92 Å². The summed E-state index contributed by atoms with van der Waals surface area (Å²) in [5.74, 6) is 0.701. The van der Waals surface area contributed by atoms with Gasteiger partial charge in [0.15, 0.2) is 5.76 Å². The summed E-state index contributed by atoms with van der Waals surface area (Å²) in [5, 5.41) is 4.77. The number of aryl methyl sites for hydroxylation is 2. The summed E-state index contributed by atoms with van der Waals surface area (Å²) < 4.78 is 15.9. The van der Waals surface area contributed by atoms with Crippen molar-refractivity contribution in [2.24, 2.45) is 0 Å². The minimum absolute atomic E-state index is 0.0592. The topological polar surface area (TPSA) is 119 Å². The Bertz CT molecular complexity index is 1230. The number of hydrogen-bond donors (Lipinski definition) is 2. The van der Waals surface area contributed by atoms with Gasteiger partial charge in [-0.3, -0.25) is 20.4 Å². The largest absolute Gasteiger partial charge is 0.497 e. The highest BCUT2D eigenvalue weighted by Crippen LogP contribution is 2.24. The Morgan fingerprint density at radius 1 is 1.06 bits per heavy atom. The Morgan fingerprint density at radius 3 is 2.58 bits per heavy atom. The van der Waals surface area contributed by atoms with Crippen LogP contribution in [0.15, 0.2) is 57.5 Å². The molecule has 2 aromatic carbocycles. The van der Waals surface area contributed by atoms with Gasteiger partial charge in [0.1, 0.15) is 11.3 Å². The zero-order valence-electron chi connectivity index (χ0n) is 17.0. The molecule has 0 fully saturated rings. The third kappa shape index (κ3) is 4.40. The molecule has 0 aliphatic heterocycles. The molecule has 0 atom stereocenters. The van der Waals surface area contributed by atoms with E-state index in [9.17, 15) is 9.59 Å². The summed E-state index contributed by atoms with van der Waals surface area (Å²) >= 11 is 0. The molecule has 0 radical (unpaired) electrons. The standard InChI is InChI=1S/C22H20N4O5/c1-13-16-5-3-4-6-17(16)30-20(13)22(28)25-24-18(27)11-12-19-23-21(26-31-19)14-7-9-15(29-2)10-8-14/h3-10H,11-12H2,1-2H3,(H,24,27)(H,25,28). The van der Waals surface area contributed by atoms with E-state index in [1.54, 1.807) is 32.2 Å². The van der Waals surface area contributed by atoms with Crippen molar-refractivity contribution in [3.8, 4) is 17.1 Å². The number of para-hydroxylation sites is 1. The van der Waals surface area contributed by atoms with Gasteiger partial charge in [0.05, 0.1) is 7.11 Å². The Balaban J connectivity index is 1.29. The Kier molecular flexibility index (Phi) is 5.65. The lowest BCUT2D eigenvalue weighted by Gasteiger charge is -2.05. The molecule has 2 heterocycles. The Morgan fingerprint density at radius 2 is 1.84 bits per heavy atom. The van der Waals surface area contributed by atoms with Gasteiger partial charge in [0.2, 0.25) is 17.6 Å². The number of hydrogen-bond acceptors (Lipinski definition) is 7. The van der Waals surface area contributed by atoms with Crippen LogP contribution >= 0.6 is 0 Å². The lowest BCUT2D eigenvalue weighted by Crippen LogP contribution is -2.41. The third-order valence-electron chi connectivity index (χ3n) is 4.75. The van der Waals surface area contributed by atoms with Gasteiger partial charge in [-0.05, 0) is 37.3 Å². The monoisotopic (exact) mass is 420 g/mol. The van der Waals surface area contributed by atoms with Crippen molar-refractivity contribution in [1.29, 1.82) is 0 Å². The van der Waals surface area contributed by atoms with Crippen LogP contribution in [0.25, 0.3) is 22.4 Å². The smallest absolute Gasteiger partial charge is 0.305 e. The Labute approximate surface area is 177 Å². The number of rotatable bonds is 6. The third-order valence-corrected chi connectivity index (χ3v) is 4.75. The van der Waals surface area contributed by atoms with Crippen LogP contribution in [-0.4, -0.2) is 29.1 Å². The fraction of sp³-hybridized carbons (Fsp3) is 0.182. The zero-order valence-corrected chi connectivity index (χ0v) is 17.0. The summed E-state index contributed by atoms with van der Waals surface area (Å²) in [6.07, 6.45) is 0.290. The molecule has 0 saturated carbocycles. The molecule has 0 bridgehead atoms. The molecule has 2 N–H and O–H groups in total. The minimum Gasteiger partial charge on any atom is -0.497 e. The molecular weight excluding hydrogens is 400 g/mol. The maximum atomic E-state index is 12.4. The molecule has 0 spiro atoms. The Hall–Kier alpha value is -4.14. The predicted molar refractivity (Wildman–Crippen MR) is 111 cm³/mol. The van der Waals surface area contributed by atoms with Crippen molar-refractivity contribution in [1.82, 2.24) is 21.0 Å². The van der Waals surface area contributed by atoms with Gasteiger partial charge in [0, 0.05) is 29.4 Å². The van der Waals surface area contributed by atoms with Gasteiger partial charge in [-0.25, -0.2) is 0 Å². The first kappa shape index (κ1) is 20.1. The van der Waals surface area contributed by atoms with Crippen LogP contribution in [0.1, 0.15) is 28.4 Å². The average Bonchev–Trinajstić information content (AvgIpc) is 3.41. The molecule has 9 heteroatoms. The number of nitrogens with zero attached hydrogens (tertiary/aromatic N) is 2. The molecule has 0 aliphatic rings. The molecule has 2 amide bonds. The number of carbonyl (C=O) groups excluding carboxylic acids is 2. The van der Waals surface area contributed by atoms with Gasteiger partial charge in [-0.1, -0.05) is 23.4 Å². The van der Waals surface area contributed by atoms with Gasteiger partial charge in [-0.15, -0.1) is 0 Å². The van der Waals surface area contributed by atoms with E-state index in [-0.39, 0.29) is 18.6 Å². The molecule has 4 aromatic rings. The normalized spacial score (nSPS) is 10.8. The van der Waals surface area contributed by atoms with Crippen LogP contribution < -0.4 is 15.6 Å². The minimum atomic E-state index is -0.526. The first-order chi connectivity index (χ1) is 15.0. The lowest BCUT2D eigenvalue weighted by molar-refractivity contribution is -0.121. The summed E-state index contributed by atoms with van der Waals surface area (Å²) in [7, 11) is 1.59. The number of amides is 2. The number of ether oxygens (including phenoxy) is 1. The van der Waals surface area contributed by atoms with Gasteiger partial charge in [-0.2, -0.15) is 4.98 Å². The molecule has 9 nitrogen and oxygen atoms in total. The predicted octanol–water partition coefficient (Wildman–Crippen LogP) is 3.19. The van der Waals surface area contributed by atoms with E-state index in [0.717, 1.165) is 16.7 Å². The molecule has 31 heavy (non-hydrogen) atoms. The fourth-order valence-corrected chi connectivity index (χ4v) is 3.07. The highest BCUT2D eigenvalue weighted by atomic mass is 16.5. The van der Waals surface area contributed by atoms with E-state index in [1.165, 1.54) is 0 Å². The lowest BCUT2D eigenvalue weighted by atomic mass is 10.1. The summed E-state index contributed by atoms with van der Waals surface area (Å²) in [6, 6.07) is 14.6. The van der Waals surface area contributed by atoms with E-state index in [4.69, 9.17) is 13.7 Å². The molecule has 158 valence electrons. The summed E-state index contributed by atoms with van der Waals surface area (Å²) in [4.78, 5) is 28.7. The molecule has 0 aliphatic carbocycles. The first-order valence-corrected chi connectivity index (χ1v) is 9.59. The molecule has 4 rings (SSSR count). The second kappa shape index (κ2) is 8.70. The van der Waals surface area contributed by atoms with Crippen LogP contribution in [0.5, 0.6) is 5.75 Å². The van der Waals surface area contributed by atoms with Crippen LogP contribution in [0.3, 0.4) is 0 Å². The number of benzene rings is 2. The van der Waals surface area contributed by atoms with E-state index < -0.39 is 11.8 Å². The maximum Gasteiger partial charge on any atom is 0.305 e. The van der Waals surface area contributed by atoms with E-state index in [0.29, 0.717) is 22.9 Å². The highest BCUT2D eigenvalue weighted by molar-refractivity contribution is 5.99. The number of fused-ring (bicyclic) bond motifs is 1. The average molecular weight is 420 g/mol. The zero-order chi connectivity index (χ0) is 21.8. The van der Waals surface area contributed by atoms with Crippen LogP contribution in [0.2, 0.25) is 0 Å². The quantitative estimate of drug-likeness (QED) is 0.460. The van der Waals surface area contributed by atoms with Crippen molar-refractivity contribution in [2.45, 2.75) is 19.8 Å². The second-order valence-electron chi connectivity index (χ2n) is 6.79. The van der Waals surface area contributed by atoms with Crippen molar-refractivity contribution < 1.29 is 23.3 Å². The SMILES string of the molecule is COc1ccc(-c2noc(CCC(=O)NNC(=O)c3oc4ccccc4c3C)n2)cc1. The number of furan rings is 1. The fourth-order valence-electron chi connectivity index (χ4n) is 3.07. The number of aromatic nitrogens is 2. The second-order valence-corrected chi connectivity index (χ2v) is 6.79. The van der Waals surface area contributed by atoms with Crippen LogP contribution in [-0.2, 0) is 11.2 Å². The highest BCUT2D eigenvalue weighted by Gasteiger charge is 2.18. The van der Waals surface area contributed by atoms with E-state index in [2.05, 4.69) is 21.0 Å². The van der Waals surface area contributed by atoms with Crippen LogP contribution in [0.4, 0.5) is 0 Å². The maximum absolute atomic E-state index is 12.4. The summed E-state index contributed by atoms with van der Waals surface area (Å²) in [6.45, 7) is 1.79. The molecular formula is C22H20N4O5. The van der Waals surface area contributed by atoms with Crippen molar-refractivity contribution in [3.63, 3.8) is 0 Å². The van der Waals surface area contributed by atoms with E-state index in [1.807, 2.05) is 30.3 Å². The molecule has 2 aromatic heterocycles. The van der Waals surface area contributed by atoms with Crippen molar-refractivity contribution >= 4 is 22.8 Å². The van der Waals surface area contributed by atoms with Gasteiger partial charge >= 0.3 is 5.91 Å². The van der Waals surface area contributed by atoms with Crippen molar-refractivity contribution in [3.05, 3.63) is 65.7 Å². The first-order valence-electron chi connectivity index (χ1n) is 9.59. The molecule has 0 unspecified atom stereocenters. The van der Waals surface area contributed by atoms with Gasteiger partial charge in [0.25, 0.3) is 0 Å². The molecule has 0 saturated heterocycles. The number of carbonyl (C=O) groups is 2. The number of methoxy groups -OCH3 is 1. The number of nitrogens with one attached hydrogen (secondary N) is 2. The van der Waals surface area contributed by atoms with Crippen molar-refractivity contribution in [2.75, 3.05) is 7.11 Å². The van der Waals surface area contributed by atoms with E-state index >= 15 is 0 Å².